The van der Waals surface area contributed by atoms with Crippen LogP contribution < -0.4 is 10.4 Å². The van der Waals surface area contributed by atoms with Crippen LogP contribution in [0.1, 0.15) is 20.8 Å². The van der Waals surface area contributed by atoms with Crippen LogP contribution in [0.5, 0.6) is 5.75 Å². The molecule has 2 aromatic carbocycles. The van der Waals surface area contributed by atoms with E-state index in [1.165, 1.54) is 11.3 Å². The van der Waals surface area contributed by atoms with Gasteiger partial charge in [0.15, 0.2) is 0 Å². The van der Waals surface area contributed by atoms with Crippen LogP contribution in [0.15, 0.2) is 57.7 Å². The average molecular weight is 351 g/mol. The Morgan fingerprint density at radius 1 is 1.08 bits per heavy atom. The molecule has 126 valence electrons. The van der Waals surface area contributed by atoms with Crippen LogP contribution in [-0.2, 0) is 0 Å². The van der Waals surface area contributed by atoms with E-state index in [4.69, 9.17) is 9.15 Å². The molecule has 0 atom stereocenters. The third-order valence-corrected chi connectivity index (χ3v) is 4.73. The van der Waals surface area contributed by atoms with Crippen LogP contribution in [0.2, 0.25) is 0 Å². The Morgan fingerprint density at radius 2 is 1.88 bits per heavy atom. The normalized spacial score (nSPS) is 12.0. The number of hydrogen-bond donors (Lipinski definition) is 0. The molecule has 4 nitrogen and oxygen atoms in total. The number of ether oxygens (including phenoxy) is 1. The quantitative estimate of drug-likeness (QED) is 0.463. The maximum atomic E-state index is 12.5. The Kier molecular flexibility index (Phi) is 3.62. The van der Waals surface area contributed by atoms with Gasteiger partial charge in [-0.2, -0.15) is 0 Å². The lowest BCUT2D eigenvalue weighted by molar-refractivity contribution is 0.131. The van der Waals surface area contributed by atoms with Crippen molar-refractivity contribution in [2.75, 3.05) is 0 Å². The van der Waals surface area contributed by atoms with E-state index in [0.717, 1.165) is 15.6 Å². The van der Waals surface area contributed by atoms with Gasteiger partial charge in [0.25, 0.3) is 0 Å². The molecule has 0 saturated carbocycles. The molecule has 25 heavy (non-hydrogen) atoms. The van der Waals surface area contributed by atoms with E-state index in [1.54, 1.807) is 6.07 Å². The van der Waals surface area contributed by atoms with Crippen molar-refractivity contribution in [2.45, 2.75) is 26.4 Å². The molecule has 0 unspecified atom stereocenters. The summed E-state index contributed by atoms with van der Waals surface area (Å²) >= 11 is 1.49. The number of benzene rings is 2. The van der Waals surface area contributed by atoms with Crippen molar-refractivity contribution in [3.63, 3.8) is 0 Å². The fourth-order valence-electron chi connectivity index (χ4n) is 2.65. The Labute approximate surface area is 148 Å². The number of aromatic nitrogens is 1. The zero-order valence-electron chi connectivity index (χ0n) is 14.2. The second-order valence-corrected chi connectivity index (χ2v) is 7.88. The summed E-state index contributed by atoms with van der Waals surface area (Å²) < 4.78 is 12.4. The van der Waals surface area contributed by atoms with Gasteiger partial charge in [-0.15, -0.1) is 11.3 Å². The minimum atomic E-state index is -0.389. The van der Waals surface area contributed by atoms with Crippen molar-refractivity contribution in [3.05, 3.63) is 59.0 Å². The van der Waals surface area contributed by atoms with Gasteiger partial charge in [-0.25, -0.2) is 9.78 Å². The summed E-state index contributed by atoms with van der Waals surface area (Å²) in [6, 6.07) is 15.2. The molecule has 0 aliphatic rings. The minimum absolute atomic E-state index is 0.311. The summed E-state index contributed by atoms with van der Waals surface area (Å²) in [4.78, 5) is 17.0. The maximum Gasteiger partial charge on any atom is 0.346 e. The largest absolute Gasteiger partial charge is 0.488 e. The predicted molar refractivity (Wildman–Crippen MR) is 101 cm³/mol. The van der Waals surface area contributed by atoms with Crippen LogP contribution in [0, 0.1) is 0 Å². The molecule has 0 aliphatic heterocycles. The number of nitrogens with zero attached hydrogens (tertiary/aromatic N) is 1. The lowest BCUT2D eigenvalue weighted by Crippen LogP contribution is -2.22. The summed E-state index contributed by atoms with van der Waals surface area (Å²) in [6.07, 6.45) is 0. The van der Waals surface area contributed by atoms with Crippen LogP contribution in [0.25, 0.3) is 31.8 Å². The van der Waals surface area contributed by atoms with E-state index in [9.17, 15) is 4.79 Å². The molecule has 0 bridgehead atoms. The van der Waals surface area contributed by atoms with Gasteiger partial charge in [0.2, 0.25) is 0 Å². The smallest absolute Gasteiger partial charge is 0.346 e. The summed E-state index contributed by atoms with van der Waals surface area (Å²) in [5.74, 6) is 0.677. The summed E-state index contributed by atoms with van der Waals surface area (Å²) in [5.41, 5.74) is 1.18. The first-order chi connectivity index (χ1) is 11.9. The van der Waals surface area contributed by atoms with Crippen molar-refractivity contribution in [3.8, 4) is 16.3 Å². The topological polar surface area (TPSA) is 52.3 Å². The standard InChI is InChI=1S/C20H17NO3S/c1-20(2,3)24-13-9-8-12-10-14(19(22)23-16(12)11-13)18-21-15-6-4-5-7-17(15)25-18/h4-11H,1-3H3. The first-order valence-electron chi connectivity index (χ1n) is 8.02. The average Bonchev–Trinajstić information content (AvgIpc) is 2.96. The first-order valence-corrected chi connectivity index (χ1v) is 8.84. The van der Waals surface area contributed by atoms with E-state index in [2.05, 4.69) is 4.98 Å². The van der Waals surface area contributed by atoms with Crippen molar-refractivity contribution in [1.29, 1.82) is 0 Å². The molecule has 5 heteroatoms. The highest BCUT2D eigenvalue weighted by atomic mass is 32.1. The number of hydrogen-bond acceptors (Lipinski definition) is 5. The monoisotopic (exact) mass is 351 g/mol. The summed E-state index contributed by atoms with van der Waals surface area (Å²) in [6.45, 7) is 5.93. The van der Waals surface area contributed by atoms with Crippen molar-refractivity contribution in [1.82, 2.24) is 4.98 Å². The molecule has 0 fully saturated rings. The highest BCUT2D eigenvalue weighted by Crippen LogP contribution is 2.31. The molecule has 4 aromatic rings. The fraction of sp³-hybridized carbons (Fsp3) is 0.200. The molecule has 0 spiro atoms. The van der Waals surface area contributed by atoms with Gasteiger partial charge in [-0.1, -0.05) is 12.1 Å². The lowest BCUT2D eigenvalue weighted by Gasteiger charge is -2.21. The van der Waals surface area contributed by atoms with Crippen LogP contribution in [0.3, 0.4) is 0 Å². The van der Waals surface area contributed by atoms with Gasteiger partial charge in [0, 0.05) is 11.5 Å². The van der Waals surface area contributed by atoms with Crippen LogP contribution in [-0.4, -0.2) is 10.6 Å². The van der Waals surface area contributed by atoms with Gasteiger partial charge >= 0.3 is 5.63 Å². The Balaban J connectivity index is 1.82. The molecule has 0 saturated heterocycles. The van der Waals surface area contributed by atoms with Crippen molar-refractivity contribution in [2.24, 2.45) is 0 Å². The fourth-order valence-corrected chi connectivity index (χ4v) is 3.61. The summed E-state index contributed by atoms with van der Waals surface area (Å²) in [5, 5.41) is 1.52. The molecule has 2 heterocycles. The van der Waals surface area contributed by atoms with E-state index < -0.39 is 0 Å². The number of thiazole rings is 1. The second kappa shape index (κ2) is 5.70. The van der Waals surface area contributed by atoms with Crippen molar-refractivity contribution < 1.29 is 9.15 Å². The molecule has 0 N–H and O–H groups in total. The number of fused-ring (bicyclic) bond motifs is 2. The van der Waals surface area contributed by atoms with E-state index in [1.807, 2.05) is 63.2 Å². The molecule has 4 rings (SSSR count). The highest BCUT2D eigenvalue weighted by molar-refractivity contribution is 7.21. The van der Waals surface area contributed by atoms with Crippen LogP contribution >= 0.6 is 11.3 Å². The number of rotatable bonds is 2. The zero-order chi connectivity index (χ0) is 17.6. The SMILES string of the molecule is CC(C)(C)Oc1ccc2cc(-c3nc4ccccc4s3)c(=O)oc2c1. The predicted octanol–water partition coefficient (Wildman–Crippen LogP) is 5.25. The van der Waals surface area contributed by atoms with Gasteiger partial charge < -0.3 is 9.15 Å². The van der Waals surface area contributed by atoms with Gasteiger partial charge in [0.1, 0.15) is 21.9 Å². The number of para-hydroxylation sites is 1. The van der Waals surface area contributed by atoms with Crippen molar-refractivity contribution >= 4 is 32.5 Å². The van der Waals surface area contributed by atoms with Gasteiger partial charge in [-0.3, -0.25) is 0 Å². The Bertz CT molecular complexity index is 1100. The minimum Gasteiger partial charge on any atom is -0.488 e. The zero-order valence-corrected chi connectivity index (χ0v) is 15.0. The van der Waals surface area contributed by atoms with E-state index in [0.29, 0.717) is 21.9 Å². The Morgan fingerprint density at radius 3 is 2.64 bits per heavy atom. The Hall–Kier alpha value is -2.66. The molecular formula is C20H17NO3S. The molecule has 0 radical (unpaired) electrons. The molecule has 0 amide bonds. The third-order valence-electron chi connectivity index (χ3n) is 3.66. The summed E-state index contributed by atoms with van der Waals surface area (Å²) in [7, 11) is 0. The third kappa shape index (κ3) is 3.15. The maximum absolute atomic E-state index is 12.5. The highest BCUT2D eigenvalue weighted by Gasteiger charge is 2.15. The van der Waals surface area contributed by atoms with E-state index >= 15 is 0 Å². The lowest BCUT2D eigenvalue weighted by atomic mass is 10.1. The molecule has 0 aliphatic carbocycles. The second-order valence-electron chi connectivity index (χ2n) is 6.85. The molecular weight excluding hydrogens is 334 g/mol. The first kappa shape index (κ1) is 15.8. The van der Waals surface area contributed by atoms with Gasteiger partial charge in [-0.05, 0) is 51.1 Å². The van der Waals surface area contributed by atoms with Gasteiger partial charge in [0.05, 0.1) is 15.8 Å². The van der Waals surface area contributed by atoms with E-state index in [-0.39, 0.29) is 11.2 Å². The molecule has 2 aromatic heterocycles. The van der Waals surface area contributed by atoms with Crippen LogP contribution in [0.4, 0.5) is 0 Å².